The lowest BCUT2D eigenvalue weighted by atomic mass is 9.71. The minimum absolute atomic E-state index is 0.0330. The van der Waals surface area contributed by atoms with Crippen LogP contribution in [0.4, 0.5) is 0 Å². The molecule has 0 aromatic carbocycles. The first kappa shape index (κ1) is 53.3. The van der Waals surface area contributed by atoms with Gasteiger partial charge in [0, 0.05) is 17.5 Å². The Balaban J connectivity index is 3.44. The molecule has 10 heteroatoms. The summed E-state index contributed by atoms with van der Waals surface area (Å²) in [6.07, 6.45) is 9.33. The van der Waals surface area contributed by atoms with Gasteiger partial charge in [-0.15, -0.1) is 0 Å². The van der Waals surface area contributed by atoms with Crippen LogP contribution in [0.3, 0.4) is 0 Å². The van der Waals surface area contributed by atoms with Crippen molar-refractivity contribution in [1.82, 2.24) is 4.98 Å². The van der Waals surface area contributed by atoms with Gasteiger partial charge in [0.05, 0.1) is 30.4 Å². The first-order chi connectivity index (χ1) is 25.6. The average Bonchev–Trinajstić information content (AvgIpc) is 3.04. The number of aromatic nitrogens is 1. The number of carbonyl (C=O) groups excluding carboxylic acids is 1. The Labute approximate surface area is 354 Å². The van der Waals surface area contributed by atoms with Crippen molar-refractivity contribution < 1.29 is 28.0 Å². The van der Waals surface area contributed by atoms with E-state index >= 15 is 0 Å². The molecule has 1 rings (SSSR count). The summed E-state index contributed by atoms with van der Waals surface area (Å²) < 4.78 is 21.1. The summed E-state index contributed by atoms with van der Waals surface area (Å²) >= 11 is 0. The largest absolute Gasteiger partial charge is 0.481 e. The van der Waals surface area contributed by atoms with E-state index in [4.69, 9.17) is 13.3 Å². The Bertz CT molecular complexity index is 1500. The summed E-state index contributed by atoms with van der Waals surface area (Å²) in [4.78, 5) is 31.7. The van der Waals surface area contributed by atoms with Crippen LogP contribution in [0.1, 0.15) is 148 Å². The second-order valence-electron chi connectivity index (χ2n) is 22.1. The summed E-state index contributed by atoms with van der Waals surface area (Å²) in [7, 11) is -6.73. The second kappa shape index (κ2) is 20.7. The normalized spacial score (nSPS) is 17.2. The molecular formula is C47H87NO6Si3. The number of rotatable bonds is 22. The number of carboxylic acids is 1. The Morgan fingerprint density at radius 2 is 1.32 bits per heavy atom. The lowest BCUT2D eigenvalue weighted by Crippen LogP contribution is -2.54. The topological polar surface area (TPSA) is 95.0 Å². The van der Waals surface area contributed by atoms with Gasteiger partial charge in [0.1, 0.15) is 5.78 Å². The third-order valence-corrected chi connectivity index (χ3v) is 27.2. The van der Waals surface area contributed by atoms with Crippen molar-refractivity contribution in [3.05, 3.63) is 47.3 Å². The first-order valence-electron chi connectivity index (χ1n) is 21.7. The number of hydrogen-bond acceptors (Lipinski definition) is 6. The number of allylic oxidation sites excluding steroid dienone is 1. The van der Waals surface area contributed by atoms with Gasteiger partial charge >= 0.3 is 5.97 Å². The van der Waals surface area contributed by atoms with Crippen molar-refractivity contribution in [3.8, 4) is 0 Å². The number of pyridine rings is 1. The summed E-state index contributed by atoms with van der Waals surface area (Å²) in [6.45, 7) is 45.9. The lowest BCUT2D eigenvalue weighted by Gasteiger charge is -2.47. The van der Waals surface area contributed by atoms with Crippen LogP contribution < -0.4 is 0 Å². The van der Waals surface area contributed by atoms with Gasteiger partial charge in [0.2, 0.25) is 0 Å². The predicted octanol–water partition coefficient (Wildman–Crippen LogP) is 13.9. The van der Waals surface area contributed by atoms with E-state index in [1.54, 1.807) is 0 Å². The van der Waals surface area contributed by atoms with E-state index in [1.807, 2.05) is 38.2 Å². The Hall–Kier alpha value is -1.70. The molecule has 5 atom stereocenters. The molecule has 0 bridgehead atoms. The number of Topliss-reactive ketones (excluding diaryl/α,β-unsaturated/α-hetero) is 1. The van der Waals surface area contributed by atoms with E-state index in [0.717, 1.165) is 31.4 Å². The fourth-order valence-electron chi connectivity index (χ4n) is 6.37. The van der Waals surface area contributed by atoms with Gasteiger partial charge in [0.15, 0.2) is 25.0 Å². The Kier molecular flexibility index (Phi) is 19.4. The molecule has 1 aromatic rings. The van der Waals surface area contributed by atoms with Crippen molar-refractivity contribution in [3.63, 3.8) is 0 Å². The molecule has 1 heterocycles. The quantitative estimate of drug-likeness (QED) is 0.0917. The number of nitrogens with zero attached hydrogens (tertiary/aromatic N) is 1. The maximum atomic E-state index is 14.9. The summed E-state index contributed by atoms with van der Waals surface area (Å²) in [5.41, 5.74) is 2.44. The number of aliphatic carboxylic acids is 1. The highest BCUT2D eigenvalue weighted by Gasteiger charge is 2.50. The molecule has 0 radical (unpaired) electrons. The zero-order valence-corrected chi connectivity index (χ0v) is 43.5. The van der Waals surface area contributed by atoms with E-state index in [0.29, 0.717) is 6.42 Å². The van der Waals surface area contributed by atoms with E-state index in [1.165, 1.54) is 11.1 Å². The monoisotopic (exact) mass is 846 g/mol. The fraction of sp³-hybridized carbons (Fsp3) is 0.766. The van der Waals surface area contributed by atoms with Gasteiger partial charge < -0.3 is 18.4 Å². The number of ketones is 1. The lowest BCUT2D eigenvalue weighted by molar-refractivity contribution is -0.147. The molecular weight excluding hydrogens is 759 g/mol. The van der Waals surface area contributed by atoms with Crippen LogP contribution in [-0.2, 0) is 22.9 Å². The molecule has 0 aliphatic carbocycles. The van der Waals surface area contributed by atoms with Crippen LogP contribution in [0.2, 0.25) is 54.4 Å². The van der Waals surface area contributed by atoms with Crippen LogP contribution in [0.5, 0.6) is 0 Å². The highest BCUT2D eigenvalue weighted by atomic mass is 28.4. The van der Waals surface area contributed by atoms with Gasteiger partial charge in [-0.05, 0) is 130 Å². The van der Waals surface area contributed by atoms with Crippen molar-refractivity contribution >= 4 is 42.8 Å². The molecule has 0 fully saturated rings. The number of hydrogen-bond donors (Lipinski definition) is 1. The molecule has 0 aliphatic heterocycles. The highest BCUT2D eigenvalue weighted by Crippen LogP contribution is 2.45. The van der Waals surface area contributed by atoms with Crippen molar-refractivity contribution in [2.24, 2.45) is 17.3 Å². The molecule has 57 heavy (non-hydrogen) atoms. The Morgan fingerprint density at radius 1 is 0.807 bits per heavy atom. The van der Waals surface area contributed by atoms with Gasteiger partial charge in [-0.1, -0.05) is 108 Å². The maximum Gasteiger partial charge on any atom is 0.305 e. The second-order valence-corrected chi connectivity index (χ2v) is 36.3. The maximum absolute atomic E-state index is 14.9. The molecule has 1 aromatic heterocycles. The van der Waals surface area contributed by atoms with Gasteiger partial charge in [-0.25, -0.2) is 0 Å². The highest BCUT2D eigenvalue weighted by molar-refractivity contribution is 6.75. The Morgan fingerprint density at radius 3 is 1.77 bits per heavy atom. The molecule has 0 aliphatic rings. The summed E-state index contributed by atoms with van der Waals surface area (Å²) in [5, 5.41) is 9.96. The molecule has 0 amide bonds. The molecule has 0 saturated carbocycles. The van der Waals surface area contributed by atoms with Crippen molar-refractivity contribution in [1.29, 1.82) is 0 Å². The third-order valence-electron chi connectivity index (χ3n) is 13.7. The minimum Gasteiger partial charge on any atom is -0.481 e. The number of carbonyl (C=O) groups is 2. The predicted molar refractivity (Wildman–Crippen MR) is 250 cm³/mol. The van der Waals surface area contributed by atoms with Crippen molar-refractivity contribution in [2.75, 3.05) is 0 Å². The van der Waals surface area contributed by atoms with Gasteiger partial charge in [-0.3, -0.25) is 14.6 Å². The third kappa shape index (κ3) is 15.7. The molecule has 7 nitrogen and oxygen atoms in total. The molecule has 0 unspecified atom stereocenters. The molecule has 1 N–H and O–H groups in total. The van der Waals surface area contributed by atoms with Crippen molar-refractivity contribution in [2.45, 2.75) is 215 Å². The smallest absolute Gasteiger partial charge is 0.305 e. The van der Waals surface area contributed by atoms with Gasteiger partial charge in [0.25, 0.3) is 0 Å². The zero-order chi connectivity index (χ0) is 44.6. The summed E-state index contributed by atoms with van der Waals surface area (Å²) in [5.74, 6) is -1.17. The SMILES string of the molecule is CC[C@@H](C(=O)C(C)(C)[C@H](CC(=O)O)O[Si](C)(C)C(C)(C)C)[C@@H](O[Si](C)(C)C(C)(C)C)[C@@H](C)CCC/C(C)=C\C[C@H](O[Si](C)(C)C(C)(C)C)/C(C)=C/c1ccccn1. The molecule has 0 saturated heterocycles. The van der Waals surface area contributed by atoms with E-state index in [-0.39, 0.29) is 51.4 Å². The van der Waals surface area contributed by atoms with Crippen LogP contribution in [0.25, 0.3) is 6.08 Å². The standard InChI is InChI=1S/C47H87NO6Si3/c1-22-38(43(51)47(14,15)40(33-41(49)50)53-56(18,19)45(8,9)10)42(54-57(20,21)46(11,12)13)35(3)27-25-26-34(2)29-30-39(52-55(16,17)44(5,6)7)36(4)32-37-28-23-24-31-48-37/h23-24,28-29,31-32,35,38-40,42H,22,25-27,30,33H2,1-21H3,(H,49,50)/b34-29-,36-32+/t35-,38+,39-,40-,42-/m0/s1. The number of carboxylic acid groups (broad SMARTS) is 1. The van der Waals surface area contributed by atoms with E-state index in [9.17, 15) is 14.7 Å². The van der Waals surface area contributed by atoms with Gasteiger partial charge in [-0.2, -0.15) is 0 Å². The van der Waals surface area contributed by atoms with Crippen LogP contribution in [-0.4, -0.2) is 65.1 Å². The summed E-state index contributed by atoms with van der Waals surface area (Å²) in [6, 6.07) is 5.99. The van der Waals surface area contributed by atoms with Crippen LogP contribution in [0.15, 0.2) is 41.6 Å². The first-order valence-corrected chi connectivity index (χ1v) is 30.4. The van der Waals surface area contributed by atoms with Crippen LogP contribution >= 0.6 is 0 Å². The minimum atomic E-state index is -2.39. The average molecular weight is 846 g/mol. The fourth-order valence-corrected chi connectivity index (χ4v) is 10.6. The zero-order valence-electron chi connectivity index (χ0n) is 40.5. The van der Waals surface area contributed by atoms with E-state index < -0.39 is 42.4 Å². The van der Waals surface area contributed by atoms with E-state index in [2.05, 4.69) is 146 Å². The van der Waals surface area contributed by atoms with Crippen LogP contribution in [0, 0.1) is 17.3 Å². The molecule has 0 spiro atoms. The molecule has 328 valence electrons.